The van der Waals surface area contributed by atoms with Gasteiger partial charge >= 0.3 is 0 Å². The van der Waals surface area contributed by atoms with Crippen LogP contribution in [0.15, 0.2) is 48.5 Å². The first-order chi connectivity index (χ1) is 20.9. The molecule has 2 N–H and O–H groups in total. The molecule has 0 aliphatic carbocycles. The van der Waals surface area contributed by atoms with Crippen LogP contribution in [-0.2, 0) is 0 Å². The molecule has 44 heavy (non-hydrogen) atoms. The van der Waals surface area contributed by atoms with Crippen molar-refractivity contribution in [3.05, 3.63) is 69.7 Å². The van der Waals surface area contributed by atoms with E-state index in [9.17, 15) is 19.8 Å². The maximum absolute atomic E-state index is 12.6. The zero-order valence-electron chi connectivity index (χ0n) is 27.0. The molecule has 2 heterocycles. The maximum atomic E-state index is 12.6. The van der Waals surface area contributed by atoms with E-state index in [4.69, 9.17) is 23.2 Å². The zero-order valence-corrected chi connectivity index (χ0v) is 28.5. The van der Waals surface area contributed by atoms with Crippen LogP contribution < -0.4 is 0 Å². The quantitative estimate of drug-likeness (QED) is 0.325. The molecule has 2 aromatic rings. The topological polar surface area (TPSA) is 87.6 Å². The molecule has 0 unspecified atom stereocenters. The fourth-order valence-corrected chi connectivity index (χ4v) is 6.01. The monoisotopic (exact) mass is 648 g/mol. The number of aliphatic hydroxyl groups excluding tert-OH is 2. The largest absolute Gasteiger partial charge is 0.390 e. The molecule has 2 amide bonds. The number of β-amino-alcohol motifs (C(OH)–C–C–N with tert-alkyl or cyclic N) is 2. The summed E-state index contributed by atoms with van der Waals surface area (Å²) < 4.78 is 0. The van der Waals surface area contributed by atoms with Gasteiger partial charge in [0, 0.05) is 85.6 Å². The molecule has 0 aromatic heterocycles. The smallest absolute Gasteiger partial charge is 0.253 e. The van der Waals surface area contributed by atoms with Gasteiger partial charge < -0.3 is 20.0 Å². The van der Waals surface area contributed by atoms with Crippen LogP contribution in [0, 0.1) is 0 Å². The van der Waals surface area contributed by atoms with Crippen molar-refractivity contribution in [2.45, 2.75) is 89.8 Å². The fourth-order valence-electron chi connectivity index (χ4n) is 5.76. The highest BCUT2D eigenvalue weighted by atomic mass is 35.5. The molecule has 2 aromatic carbocycles. The Balaban J connectivity index is 0.000000240. The summed E-state index contributed by atoms with van der Waals surface area (Å²) in [6, 6.07) is 14.7. The molecule has 2 aliphatic rings. The van der Waals surface area contributed by atoms with Gasteiger partial charge in [-0.15, -0.1) is 0 Å². The van der Waals surface area contributed by atoms with Crippen molar-refractivity contribution >= 4 is 35.0 Å². The summed E-state index contributed by atoms with van der Waals surface area (Å²) in [6.07, 6.45) is 3.48. The third-order valence-corrected chi connectivity index (χ3v) is 9.67. The summed E-state index contributed by atoms with van der Waals surface area (Å²) in [7, 11) is 3.72. The van der Waals surface area contributed by atoms with Crippen LogP contribution in [-0.4, -0.2) is 118 Å². The molecule has 10 heteroatoms. The van der Waals surface area contributed by atoms with Gasteiger partial charge in [-0.05, 0) is 75.2 Å². The van der Waals surface area contributed by atoms with E-state index < -0.39 is 0 Å². The van der Waals surface area contributed by atoms with Crippen LogP contribution in [0.25, 0.3) is 0 Å². The molecule has 4 rings (SSSR count). The van der Waals surface area contributed by atoms with E-state index in [1.165, 1.54) is 0 Å². The number of amides is 2. The highest BCUT2D eigenvalue weighted by Crippen LogP contribution is 2.23. The minimum Gasteiger partial charge on any atom is -0.390 e. The van der Waals surface area contributed by atoms with Crippen LogP contribution >= 0.6 is 23.2 Å². The Hall–Kier alpha value is -2.20. The van der Waals surface area contributed by atoms with E-state index in [-0.39, 0.29) is 48.2 Å². The number of hydrogen-bond donors (Lipinski definition) is 2. The van der Waals surface area contributed by atoms with Gasteiger partial charge in [0.25, 0.3) is 11.8 Å². The molecule has 2 saturated heterocycles. The van der Waals surface area contributed by atoms with Gasteiger partial charge in [-0.1, -0.05) is 49.9 Å². The van der Waals surface area contributed by atoms with E-state index in [1.807, 2.05) is 37.7 Å². The van der Waals surface area contributed by atoms with Crippen LogP contribution in [0.2, 0.25) is 10.0 Å². The van der Waals surface area contributed by atoms with Crippen molar-refractivity contribution in [2.24, 2.45) is 0 Å². The average Bonchev–Trinajstić information content (AvgIpc) is 3.03. The number of carbonyl (C=O) groups is 2. The van der Waals surface area contributed by atoms with Crippen LogP contribution in [0.4, 0.5) is 0 Å². The summed E-state index contributed by atoms with van der Waals surface area (Å²) in [6.45, 7) is 11.3. The van der Waals surface area contributed by atoms with E-state index >= 15 is 0 Å². The summed E-state index contributed by atoms with van der Waals surface area (Å²) in [5, 5.41) is 20.6. The van der Waals surface area contributed by atoms with E-state index in [0.717, 1.165) is 38.8 Å². The second-order valence-electron chi connectivity index (χ2n) is 12.3. The zero-order chi connectivity index (χ0) is 32.6. The lowest BCUT2D eigenvalue weighted by molar-refractivity contribution is -0.0616. The summed E-state index contributed by atoms with van der Waals surface area (Å²) in [5.41, 5.74) is 1.31. The molecular weight excluding hydrogens is 599 g/mol. The summed E-state index contributed by atoms with van der Waals surface area (Å²) in [4.78, 5) is 33.4. The number of benzene rings is 2. The first kappa shape index (κ1) is 36.3. The SMILES string of the molecule is CCC[C@@H](CN1C[C@@H](O)[C@@H]1C)N(C)C(=O)c1ccc(Cl)cc1.CCC[C@@H](CN1C[C@H](O)[C@H]1C)N(C)C(=O)c1ccc(Cl)cc1. The van der Waals surface area contributed by atoms with Crippen LogP contribution in [0.3, 0.4) is 0 Å². The van der Waals surface area contributed by atoms with Gasteiger partial charge in [0.2, 0.25) is 0 Å². The molecule has 0 radical (unpaired) electrons. The number of halogens is 2. The van der Waals surface area contributed by atoms with E-state index in [0.29, 0.717) is 34.3 Å². The van der Waals surface area contributed by atoms with Crippen molar-refractivity contribution in [2.75, 3.05) is 40.3 Å². The lowest BCUT2D eigenvalue weighted by atomic mass is 9.98. The average molecular weight is 650 g/mol. The predicted octanol–water partition coefficient (Wildman–Crippen LogP) is 5.29. The van der Waals surface area contributed by atoms with Crippen LogP contribution in [0.1, 0.15) is 74.1 Å². The summed E-state index contributed by atoms with van der Waals surface area (Å²) in [5.74, 6) is 0.0349. The van der Waals surface area contributed by atoms with Gasteiger partial charge in [-0.3, -0.25) is 19.4 Å². The molecule has 2 fully saturated rings. The Morgan fingerprint density at radius 2 is 1.05 bits per heavy atom. The van der Waals surface area contributed by atoms with Gasteiger partial charge in [-0.2, -0.15) is 0 Å². The molecule has 244 valence electrons. The standard InChI is InChI=1S/2C17H25ClN2O2/c2*1-4-5-15(10-20-11-16(21)12(20)2)19(3)17(22)13-6-8-14(18)9-7-13/h2*6-9,12,15-16,21H,4-5,10-11H2,1-3H3/t12-,15+,16+;12-,15-,16+/m10/s1. The molecule has 0 bridgehead atoms. The van der Waals surface area contributed by atoms with Crippen molar-refractivity contribution in [3.63, 3.8) is 0 Å². The van der Waals surface area contributed by atoms with Gasteiger partial charge in [0.05, 0.1) is 12.2 Å². The third kappa shape index (κ3) is 9.41. The Labute approximate surface area is 273 Å². The number of likely N-dealkylation sites (N-methyl/N-ethyl adjacent to an activating group) is 2. The van der Waals surface area contributed by atoms with Gasteiger partial charge in [0.1, 0.15) is 0 Å². The molecule has 6 atom stereocenters. The number of carbonyl (C=O) groups excluding carboxylic acids is 2. The highest BCUT2D eigenvalue weighted by molar-refractivity contribution is 6.31. The number of rotatable bonds is 12. The minimum absolute atomic E-state index is 0.0174. The number of likely N-dealkylation sites (tertiary alicyclic amines) is 2. The second-order valence-corrected chi connectivity index (χ2v) is 13.1. The van der Waals surface area contributed by atoms with Gasteiger partial charge in [-0.25, -0.2) is 0 Å². The Morgan fingerprint density at radius 1 is 0.727 bits per heavy atom. The number of nitrogens with zero attached hydrogens (tertiary/aromatic N) is 4. The van der Waals surface area contributed by atoms with Crippen molar-refractivity contribution in [1.82, 2.24) is 19.6 Å². The van der Waals surface area contributed by atoms with Crippen LogP contribution in [0.5, 0.6) is 0 Å². The third-order valence-electron chi connectivity index (χ3n) is 9.16. The molecule has 8 nitrogen and oxygen atoms in total. The maximum Gasteiger partial charge on any atom is 0.253 e. The minimum atomic E-state index is -0.237. The van der Waals surface area contributed by atoms with Crippen molar-refractivity contribution in [1.29, 1.82) is 0 Å². The molecule has 0 spiro atoms. The lowest BCUT2D eigenvalue weighted by Crippen LogP contribution is -2.61. The Bertz CT molecular complexity index is 1110. The Kier molecular flexibility index (Phi) is 13.9. The number of hydrogen-bond acceptors (Lipinski definition) is 6. The fraction of sp³-hybridized carbons (Fsp3) is 0.588. The normalized spacial score (nSPS) is 23.0. The van der Waals surface area contributed by atoms with E-state index in [1.54, 1.807) is 48.5 Å². The summed E-state index contributed by atoms with van der Waals surface area (Å²) >= 11 is 11.8. The molecule has 0 saturated carbocycles. The molecular formula is C34H50Cl2N4O4. The predicted molar refractivity (Wildman–Crippen MR) is 179 cm³/mol. The first-order valence-corrected chi connectivity index (χ1v) is 16.5. The first-order valence-electron chi connectivity index (χ1n) is 15.8. The lowest BCUT2D eigenvalue weighted by Gasteiger charge is -2.46. The highest BCUT2D eigenvalue weighted by Gasteiger charge is 2.37. The number of aliphatic hydroxyl groups is 2. The van der Waals surface area contributed by atoms with Crippen molar-refractivity contribution < 1.29 is 19.8 Å². The van der Waals surface area contributed by atoms with Gasteiger partial charge in [0.15, 0.2) is 0 Å². The Morgan fingerprint density at radius 3 is 1.30 bits per heavy atom. The van der Waals surface area contributed by atoms with E-state index in [2.05, 4.69) is 23.6 Å². The van der Waals surface area contributed by atoms with Crippen molar-refractivity contribution in [3.8, 4) is 0 Å². The second kappa shape index (κ2) is 16.9. The molecule has 2 aliphatic heterocycles.